The van der Waals surface area contributed by atoms with Crippen LogP contribution in [0.15, 0.2) is 24.3 Å². The first-order valence-corrected chi connectivity index (χ1v) is 6.49. The Morgan fingerprint density at radius 1 is 1.00 bits per heavy atom. The molecule has 20 heavy (non-hydrogen) atoms. The molecular formula is C15H18O5. The molecule has 0 saturated heterocycles. The van der Waals surface area contributed by atoms with Crippen LogP contribution in [0.1, 0.15) is 54.4 Å². The van der Waals surface area contributed by atoms with Crippen molar-refractivity contribution in [3.8, 4) is 0 Å². The van der Waals surface area contributed by atoms with Crippen molar-refractivity contribution in [2.45, 2.75) is 38.5 Å². The van der Waals surface area contributed by atoms with E-state index in [1.165, 1.54) is 0 Å². The molecule has 0 aromatic heterocycles. The number of rotatable bonds is 8. The van der Waals surface area contributed by atoms with Gasteiger partial charge in [-0.2, -0.15) is 0 Å². The number of unbranched alkanes of at least 4 members (excludes halogenated alkanes) is 1. The molecule has 1 rings (SSSR count). The Morgan fingerprint density at radius 2 is 1.55 bits per heavy atom. The van der Waals surface area contributed by atoms with E-state index in [4.69, 9.17) is 10.2 Å². The fourth-order valence-corrected chi connectivity index (χ4v) is 1.81. The summed E-state index contributed by atoms with van der Waals surface area (Å²) in [5.41, 5.74) is 1.18. The van der Waals surface area contributed by atoms with Crippen LogP contribution in [0, 0.1) is 0 Å². The molecule has 0 amide bonds. The second-order valence-corrected chi connectivity index (χ2v) is 4.71. The minimum absolute atomic E-state index is 0.0510. The van der Waals surface area contributed by atoms with Gasteiger partial charge in [-0.3, -0.25) is 14.4 Å². The van der Waals surface area contributed by atoms with Gasteiger partial charge in [0.2, 0.25) is 0 Å². The largest absolute Gasteiger partial charge is 0.481 e. The van der Waals surface area contributed by atoms with E-state index in [9.17, 15) is 14.4 Å². The molecule has 1 aromatic carbocycles. The molecule has 0 aliphatic carbocycles. The molecule has 1 atom stereocenters. The Hall–Kier alpha value is -2.17. The monoisotopic (exact) mass is 278 g/mol. The highest BCUT2D eigenvalue weighted by atomic mass is 16.4. The maximum absolute atomic E-state index is 11.8. The first-order valence-electron chi connectivity index (χ1n) is 6.49. The van der Waals surface area contributed by atoms with Crippen LogP contribution in [0.4, 0.5) is 0 Å². The summed E-state index contributed by atoms with van der Waals surface area (Å²) in [4.78, 5) is 33.0. The summed E-state index contributed by atoms with van der Waals surface area (Å²) in [7, 11) is 0. The second-order valence-electron chi connectivity index (χ2n) is 4.71. The van der Waals surface area contributed by atoms with Crippen LogP contribution in [0.3, 0.4) is 0 Å². The number of carboxylic acid groups (broad SMARTS) is 2. The lowest BCUT2D eigenvalue weighted by Gasteiger charge is -2.07. The molecule has 5 nitrogen and oxygen atoms in total. The van der Waals surface area contributed by atoms with E-state index in [-0.39, 0.29) is 12.2 Å². The molecule has 5 heteroatoms. The van der Waals surface area contributed by atoms with Crippen molar-refractivity contribution in [1.29, 1.82) is 0 Å². The van der Waals surface area contributed by atoms with Gasteiger partial charge in [0.15, 0.2) is 5.78 Å². The van der Waals surface area contributed by atoms with Gasteiger partial charge in [-0.1, -0.05) is 24.3 Å². The lowest BCUT2D eigenvalue weighted by molar-refractivity contribution is -0.138. The minimum atomic E-state index is -0.905. The topological polar surface area (TPSA) is 91.7 Å². The van der Waals surface area contributed by atoms with E-state index in [1.807, 2.05) is 0 Å². The molecule has 0 heterocycles. The summed E-state index contributed by atoms with van der Waals surface area (Å²) in [5, 5.41) is 17.4. The van der Waals surface area contributed by atoms with Gasteiger partial charge >= 0.3 is 11.9 Å². The van der Waals surface area contributed by atoms with Gasteiger partial charge in [-0.25, -0.2) is 0 Å². The van der Waals surface area contributed by atoms with Gasteiger partial charge in [0, 0.05) is 18.4 Å². The lowest BCUT2D eigenvalue weighted by Crippen LogP contribution is -2.08. The third-order valence-corrected chi connectivity index (χ3v) is 3.15. The molecule has 2 N–H and O–H groups in total. The van der Waals surface area contributed by atoms with Crippen LogP contribution in [0.25, 0.3) is 0 Å². The van der Waals surface area contributed by atoms with E-state index < -0.39 is 17.9 Å². The quantitative estimate of drug-likeness (QED) is 0.563. The molecule has 108 valence electrons. The van der Waals surface area contributed by atoms with E-state index in [0.717, 1.165) is 0 Å². The molecule has 1 unspecified atom stereocenters. The van der Waals surface area contributed by atoms with Crippen molar-refractivity contribution in [2.75, 3.05) is 0 Å². The molecule has 0 bridgehead atoms. The molecule has 0 fully saturated rings. The summed E-state index contributed by atoms with van der Waals surface area (Å²) in [6.45, 7) is 1.59. The molecular weight excluding hydrogens is 260 g/mol. The first kappa shape index (κ1) is 15.9. The van der Waals surface area contributed by atoms with Gasteiger partial charge in [0.25, 0.3) is 0 Å². The van der Waals surface area contributed by atoms with Crippen molar-refractivity contribution in [2.24, 2.45) is 0 Å². The highest BCUT2D eigenvalue weighted by Crippen LogP contribution is 2.17. The Bertz CT molecular complexity index is 489. The third-order valence-electron chi connectivity index (χ3n) is 3.15. The van der Waals surface area contributed by atoms with Gasteiger partial charge in [-0.15, -0.1) is 0 Å². The number of aliphatic carboxylic acids is 2. The average molecular weight is 278 g/mol. The molecule has 1 aromatic rings. The SMILES string of the molecule is CC(C(=O)O)c1ccc(C(=O)CCCCC(=O)O)cc1. The van der Waals surface area contributed by atoms with Crippen molar-refractivity contribution < 1.29 is 24.6 Å². The number of Topliss-reactive ketones (excluding diaryl/α,β-unsaturated/α-hetero) is 1. The van der Waals surface area contributed by atoms with E-state index >= 15 is 0 Å². The predicted molar refractivity (Wildman–Crippen MR) is 72.9 cm³/mol. The van der Waals surface area contributed by atoms with Crippen LogP contribution >= 0.6 is 0 Å². The number of ketones is 1. The maximum Gasteiger partial charge on any atom is 0.310 e. The van der Waals surface area contributed by atoms with Gasteiger partial charge in [0.1, 0.15) is 0 Å². The Labute approximate surface area is 117 Å². The van der Waals surface area contributed by atoms with Crippen LogP contribution in [-0.4, -0.2) is 27.9 Å². The summed E-state index contributed by atoms with van der Waals surface area (Å²) in [6.07, 6.45) is 1.40. The predicted octanol–water partition coefficient (Wildman–Crippen LogP) is 2.70. The number of benzene rings is 1. The van der Waals surface area contributed by atoms with Gasteiger partial charge in [-0.05, 0) is 25.3 Å². The summed E-state index contributed by atoms with van der Waals surface area (Å²) in [6, 6.07) is 6.52. The Morgan fingerprint density at radius 3 is 2.05 bits per heavy atom. The van der Waals surface area contributed by atoms with Crippen LogP contribution in [0.2, 0.25) is 0 Å². The zero-order valence-corrected chi connectivity index (χ0v) is 11.3. The lowest BCUT2D eigenvalue weighted by atomic mass is 9.98. The van der Waals surface area contributed by atoms with E-state index in [0.29, 0.717) is 30.4 Å². The van der Waals surface area contributed by atoms with Crippen LogP contribution in [0.5, 0.6) is 0 Å². The van der Waals surface area contributed by atoms with Gasteiger partial charge in [0.05, 0.1) is 5.92 Å². The van der Waals surface area contributed by atoms with E-state index in [2.05, 4.69) is 0 Å². The van der Waals surface area contributed by atoms with Crippen molar-refractivity contribution in [1.82, 2.24) is 0 Å². The highest BCUT2D eigenvalue weighted by Gasteiger charge is 2.14. The van der Waals surface area contributed by atoms with Crippen LogP contribution in [-0.2, 0) is 9.59 Å². The Balaban J connectivity index is 2.53. The average Bonchev–Trinajstić information content (AvgIpc) is 2.42. The molecule has 0 aliphatic heterocycles. The zero-order chi connectivity index (χ0) is 15.1. The fraction of sp³-hybridized carbons (Fsp3) is 0.400. The standard InChI is InChI=1S/C15H18O5/c1-10(15(19)20)11-6-8-12(9-7-11)13(16)4-2-3-5-14(17)18/h6-10H,2-5H2,1H3,(H,17,18)(H,19,20). The smallest absolute Gasteiger partial charge is 0.310 e. The molecule has 0 aliphatic rings. The zero-order valence-electron chi connectivity index (χ0n) is 11.3. The maximum atomic E-state index is 11.8. The third kappa shape index (κ3) is 4.84. The summed E-state index contributed by atoms with van der Waals surface area (Å²) >= 11 is 0. The van der Waals surface area contributed by atoms with E-state index in [1.54, 1.807) is 31.2 Å². The number of hydrogen-bond donors (Lipinski definition) is 2. The fourth-order valence-electron chi connectivity index (χ4n) is 1.81. The van der Waals surface area contributed by atoms with Crippen molar-refractivity contribution in [3.05, 3.63) is 35.4 Å². The van der Waals surface area contributed by atoms with Crippen LogP contribution < -0.4 is 0 Å². The van der Waals surface area contributed by atoms with Crippen molar-refractivity contribution in [3.63, 3.8) is 0 Å². The number of carboxylic acids is 2. The molecule has 0 saturated carbocycles. The summed E-state index contributed by atoms with van der Waals surface area (Å²) < 4.78 is 0. The first-order chi connectivity index (χ1) is 9.41. The second kappa shape index (κ2) is 7.43. The normalized spacial score (nSPS) is 11.8. The number of hydrogen-bond acceptors (Lipinski definition) is 3. The van der Waals surface area contributed by atoms with Gasteiger partial charge < -0.3 is 10.2 Å². The minimum Gasteiger partial charge on any atom is -0.481 e. The Kier molecular flexibility index (Phi) is 5.90. The molecule has 0 spiro atoms. The number of carbonyl (C=O) groups is 3. The summed E-state index contributed by atoms with van der Waals surface area (Å²) in [5.74, 6) is -2.41. The van der Waals surface area contributed by atoms with Crippen molar-refractivity contribution >= 4 is 17.7 Å². The number of carbonyl (C=O) groups excluding carboxylic acids is 1. The highest BCUT2D eigenvalue weighted by molar-refractivity contribution is 5.96. The molecule has 0 radical (unpaired) electrons.